The number of thiocarbonyl (C=S) groups is 1. The topological polar surface area (TPSA) is 55.2 Å². The molecule has 0 radical (unpaired) electrons. The predicted octanol–water partition coefficient (Wildman–Crippen LogP) is 4.51. The summed E-state index contributed by atoms with van der Waals surface area (Å²) in [6, 6.07) is 24.3. The maximum Gasteiger partial charge on any atom is 0.170 e. The van der Waals surface area contributed by atoms with Crippen molar-refractivity contribution in [3.05, 3.63) is 114 Å². The quantitative estimate of drug-likeness (QED) is 0.414. The number of nitrogens with one attached hydrogen (secondary N) is 1. The molecular weight excluding hydrogens is 430 g/mol. The number of nitrogens with zero attached hydrogens (tertiary/aromatic N) is 4. The molecule has 1 aromatic carbocycles. The summed E-state index contributed by atoms with van der Waals surface area (Å²) >= 11 is 5.83. The molecule has 0 spiro atoms. The zero-order chi connectivity index (χ0) is 22.6. The van der Waals surface area contributed by atoms with Crippen LogP contribution < -0.4 is 10.1 Å². The Kier molecular flexibility index (Phi) is 6.04. The van der Waals surface area contributed by atoms with Crippen molar-refractivity contribution in [2.75, 3.05) is 7.11 Å². The third-order valence-electron chi connectivity index (χ3n) is 5.94. The molecule has 2 atom stereocenters. The van der Waals surface area contributed by atoms with E-state index in [-0.39, 0.29) is 12.1 Å². The van der Waals surface area contributed by atoms with Gasteiger partial charge in [-0.1, -0.05) is 24.3 Å². The Morgan fingerprint density at radius 1 is 0.909 bits per heavy atom. The van der Waals surface area contributed by atoms with Crippen molar-refractivity contribution in [1.29, 1.82) is 0 Å². The van der Waals surface area contributed by atoms with Crippen LogP contribution in [0.15, 0.2) is 91.4 Å². The lowest BCUT2D eigenvalue weighted by molar-refractivity contribution is 0.298. The van der Waals surface area contributed by atoms with E-state index in [9.17, 15) is 0 Å². The molecule has 1 aliphatic heterocycles. The normalized spacial score (nSPS) is 17.7. The fourth-order valence-electron chi connectivity index (χ4n) is 4.33. The zero-order valence-corrected chi connectivity index (χ0v) is 19.2. The van der Waals surface area contributed by atoms with Gasteiger partial charge in [0.05, 0.1) is 37.1 Å². The minimum absolute atomic E-state index is 0.0202. The first-order chi connectivity index (χ1) is 16.2. The van der Waals surface area contributed by atoms with Crippen LogP contribution in [0.3, 0.4) is 0 Å². The number of rotatable bonds is 7. The molecule has 0 bridgehead atoms. The minimum atomic E-state index is -0.0608. The van der Waals surface area contributed by atoms with Crippen molar-refractivity contribution < 1.29 is 4.74 Å². The van der Waals surface area contributed by atoms with E-state index in [0.29, 0.717) is 13.1 Å². The first-order valence-electron chi connectivity index (χ1n) is 10.9. The molecule has 1 N–H and O–H groups in total. The summed E-state index contributed by atoms with van der Waals surface area (Å²) in [5, 5.41) is 4.25. The van der Waals surface area contributed by atoms with Gasteiger partial charge in [0, 0.05) is 30.8 Å². The first-order valence-corrected chi connectivity index (χ1v) is 11.3. The highest BCUT2D eigenvalue weighted by atomic mass is 32.1. The predicted molar refractivity (Wildman–Crippen MR) is 132 cm³/mol. The van der Waals surface area contributed by atoms with Crippen LogP contribution in [0.5, 0.6) is 5.75 Å². The Morgan fingerprint density at radius 2 is 1.70 bits per heavy atom. The summed E-state index contributed by atoms with van der Waals surface area (Å²) in [7, 11) is 1.68. The molecule has 0 aliphatic carbocycles. The van der Waals surface area contributed by atoms with Crippen LogP contribution in [0.2, 0.25) is 0 Å². The molecule has 5 rings (SSSR count). The molecule has 4 heterocycles. The van der Waals surface area contributed by atoms with Crippen LogP contribution >= 0.6 is 12.2 Å². The Labute approximate surface area is 198 Å². The van der Waals surface area contributed by atoms with Crippen LogP contribution in [0.1, 0.15) is 34.7 Å². The largest absolute Gasteiger partial charge is 0.497 e. The molecule has 1 fully saturated rings. The molecule has 3 aromatic heterocycles. The Hall–Kier alpha value is -3.71. The first kappa shape index (κ1) is 21.2. The average Bonchev–Trinajstić information content (AvgIpc) is 3.44. The summed E-state index contributed by atoms with van der Waals surface area (Å²) in [5.41, 5.74) is 4.30. The van der Waals surface area contributed by atoms with Crippen molar-refractivity contribution >= 4 is 17.3 Å². The van der Waals surface area contributed by atoms with E-state index in [1.54, 1.807) is 7.11 Å². The highest BCUT2D eigenvalue weighted by molar-refractivity contribution is 7.80. The third-order valence-corrected chi connectivity index (χ3v) is 6.29. The van der Waals surface area contributed by atoms with E-state index in [1.807, 2.05) is 54.9 Å². The second-order valence-corrected chi connectivity index (χ2v) is 8.37. The van der Waals surface area contributed by atoms with Gasteiger partial charge < -0.3 is 19.5 Å². The van der Waals surface area contributed by atoms with E-state index < -0.39 is 0 Å². The van der Waals surface area contributed by atoms with Gasteiger partial charge in [0.2, 0.25) is 0 Å². The minimum Gasteiger partial charge on any atom is -0.497 e. The van der Waals surface area contributed by atoms with E-state index in [2.05, 4.69) is 61.3 Å². The molecule has 7 heteroatoms. The number of pyridine rings is 2. The fraction of sp³-hybridized carbons (Fsp3) is 0.192. The highest BCUT2D eigenvalue weighted by Crippen LogP contribution is 2.39. The SMILES string of the molecule is COc1ccc(CN2C(=S)N[C@@H](c3ccccn3)[C@H]2c2cccn2Cc2ccccn2)cc1. The van der Waals surface area contributed by atoms with E-state index in [4.69, 9.17) is 17.0 Å². The molecule has 4 aromatic rings. The van der Waals surface area contributed by atoms with Gasteiger partial charge in [-0.2, -0.15) is 0 Å². The van der Waals surface area contributed by atoms with E-state index >= 15 is 0 Å². The lowest BCUT2D eigenvalue weighted by Crippen LogP contribution is -2.30. The smallest absolute Gasteiger partial charge is 0.170 e. The van der Waals surface area contributed by atoms with Gasteiger partial charge in [0.25, 0.3) is 0 Å². The fourth-order valence-corrected chi connectivity index (χ4v) is 4.64. The van der Waals surface area contributed by atoms with Gasteiger partial charge in [-0.3, -0.25) is 9.97 Å². The zero-order valence-electron chi connectivity index (χ0n) is 18.3. The summed E-state index contributed by atoms with van der Waals surface area (Å²) < 4.78 is 7.57. The van der Waals surface area contributed by atoms with Gasteiger partial charge >= 0.3 is 0 Å². The van der Waals surface area contributed by atoms with Crippen LogP contribution in [0.25, 0.3) is 0 Å². The number of hydrogen-bond acceptors (Lipinski definition) is 4. The van der Waals surface area contributed by atoms with E-state index in [1.165, 1.54) is 0 Å². The Morgan fingerprint density at radius 3 is 2.39 bits per heavy atom. The molecule has 1 aliphatic rings. The summed E-state index contributed by atoms with van der Waals surface area (Å²) in [6.45, 7) is 1.37. The molecule has 0 saturated carbocycles. The van der Waals surface area contributed by atoms with Crippen LogP contribution in [-0.4, -0.2) is 31.7 Å². The number of ether oxygens (including phenoxy) is 1. The van der Waals surface area contributed by atoms with Gasteiger partial charge in [-0.05, 0) is 66.3 Å². The number of hydrogen-bond donors (Lipinski definition) is 1. The van der Waals surface area contributed by atoms with Crippen LogP contribution in [0.4, 0.5) is 0 Å². The second-order valence-electron chi connectivity index (χ2n) is 7.98. The number of aromatic nitrogens is 3. The maximum atomic E-state index is 5.83. The molecule has 33 heavy (non-hydrogen) atoms. The third kappa shape index (κ3) is 4.45. The molecule has 0 unspecified atom stereocenters. The Balaban J connectivity index is 1.52. The number of methoxy groups -OCH3 is 1. The molecule has 0 amide bonds. The molecule has 1 saturated heterocycles. The molecule has 6 nitrogen and oxygen atoms in total. The van der Waals surface area contributed by atoms with Crippen molar-refractivity contribution in [3.63, 3.8) is 0 Å². The van der Waals surface area contributed by atoms with Crippen LogP contribution in [-0.2, 0) is 13.1 Å². The van der Waals surface area contributed by atoms with Crippen molar-refractivity contribution in [2.24, 2.45) is 0 Å². The number of benzene rings is 1. The lowest BCUT2D eigenvalue weighted by Gasteiger charge is -2.29. The summed E-state index contributed by atoms with van der Waals surface area (Å²) in [5.74, 6) is 0.841. The van der Waals surface area contributed by atoms with E-state index in [0.717, 1.165) is 33.5 Å². The van der Waals surface area contributed by atoms with Gasteiger partial charge in [0.15, 0.2) is 5.11 Å². The Bertz CT molecular complexity index is 1210. The van der Waals surface area contributed by atoms with Crippen molar-refractivity contribution in [1.82, 2.24) is 24.8 Å². The average molecular weight is 456 g/mol. The molecular formula is C26H25N5OS. The lowest BCUT2D eigenvalue weighted by atomic mass is 10.0. The van der Waals surface area contributed by atoms with Gasteiger partial charge in [-0.15, -0.1) is 0 Å². The van der Waals surface area contributed by atoms with Crippen LogP contribution in [0, 0.1) is 0 Å². The van der Waals surface area contributed by atoms with Gasteiger partial charge in [-0.25, -0.2) is 0 Å². The second kappa shape index (κ2) is 9.42. The standard InChI is InChI=1S/C26H25N5OS/c1-32-21-12-10-19(11-13-21)17-31-25(24(29-26(31)33)22-8-3-5-15-28-22)23-9-6-16-30(23)18-20-7-2-4-14-27-20/h2-16,24-25H,17-18H2,1H3,(H,29,33)/t24-,25+/m0/s1. The monoisotopic (exact) mass is 455 g/mol. The summed E-state index contributed by atoms with van der Waals surface area (Å²) in [4.78, 5) is 11.4. The summed E-state index contributed by atoms with van der Waals surface area (Å²) in [6.07, 6.45) is 5.76. The highest BCUT2D eigenvalue weighted by Gasteiger charge is 2.41. The maximum absolute atomic E-state index is 5.83. The van der Waals surface area contributed by atoms with Crippen molar-refractivity contribution in [3.8, 4) is 5.75 Å². The van der Waals surface area contributed by atoms with Gasteiger partial charge in [0.1, 0.15) is 5.75 Å². The van der Waals surface area contributed by atoms with Crippen molar-refractivity contribution in [2.45, 2.75) is 25.2 Å². The molecule has 166 valence electrons.